The number of carbonyl (C=O) groups is 1. The Bertz CT molecular complexity index is 1100. The van der Waals surface area contributed by atoms with Gasteiger partial charge in [0.2, 0.25) is 5.28 Å². The number of benzene rings is 1. The van der Waals surface area contributed by atoms with Crippen LogP contribution in [0.25, 0.3) is 11.2 Å². The average molecular weight is 547 g/mol. The molecule has 0 radical (unpaired) electrons. The van der Waals surface area contributed by atoms with E-state index in [9.17, 15) is 14.3 Å². The fourth-order valence-corrected chi connectivity index (χ4v) is 4.03. The van der Waals surface area contributed by atoms with E-state index < -0.39 is 30.5 Å². The number of halogens is 3. The number of ether oxygens (including phenoxy) is 1. The molecular formula is C18H17ClFIN6O3. The summed E-state index contributed by atoms with van der Waals surface area (Å²) < 4.78 is 22.3. The number of nitrogens with zero attached hydrogens (tertiary/aromatic N) is 4. The number of rotatable bonds is 5. The Hall–Kier alpha value is -2.09. The van der Waals surface area contributed by atoms with E-state index >= 15 is 0 Å². The SMILES string of the molecule is CNC(=O)[C@H]1O[C@@H](n2cnc3c(NCc4cccc(I)c4)nc(Cl)nc32)[C@H](O)[C@@H]1F. The van der Waals surface area contributed by atoms with Crippen LogP contribution < -0.4 is 10.6 Å². The van der Waals surface area contributed by atoms with E-state index in [1.165, 1.54) is 17.9 Å². The number of hydrogen-bond donors (Lipinski definition) is 3. The van der Waals surface area contributed by atoms with Crippen molar-refractivity contribution in [3.8, 4) is 0 Å². The Morgan fingerprint density at radius 1 is 1.43 bits per heavy atom. The maximum atomic E-state index is 14.4. The first-order chi connectivity index (χ1) is 14.4. The van der Waals surface area contributed by atoms with Gasteiger partial charge in [0.15, 0.2) is 35.5 Å². The number of aromatic nitrogens is 4. The van der Waals surface area contributed by atoms with Crippen molar-refractivity contribution in [1.82, 2.24) is 24.8 Å². The van der Waals surface area contributed by atoms with Gasteiger partial charge in [0.05, 0.1) is 6.33 Å². The Balaban J connectivity index is 1.64. The molecule has 9 nitrogen and oxygen atoms in total. The first-order valence-electron chi connectivity index (χ1n) is 8.96. The van der Waals surface area contributed by atoms with Crippen molar-refractivity contribution in [3.05, 3.63) is 45.0 Å². The van der Waals surface area contributed by atoms with Gasteiger partial charge in [0.25, 0.3) is 5.91 Å². The van der Waals surface area contributed by atoms with E-state index in [4.69, 9.17) is 16.3 Å². The summed E-state index contributed by atoms with van der Waals surface area (Å²) in [4.78, 5) is 24.5. The van der Waals surface area contributed by atoms with Gasteiger partial charge in [-0.1, -0.05) is 12.1 Å². The smallest absolute Gasteiger partial charge is 0.252 e. The van der Waals surface area contributed by atoms with Crippen LogP contribution in [0.3, 0.4) is 0 Å². The molecule has 0 spiro atoms. The van der Waals surface area contributed by atoms with Crippen molar-refractivity contribution in [1.29, 1.82) is 0 Å². The standard InChI is InChI=1S/C18H17ClFIN6O3/c1-22-16(29)13-10(20)12(28)17(30-13)27-7-24-11-14(25-18(19)26-15(11)27)23-6-8-3-2-4-9(21)5-8/h2-5,7,10,12-13,17,28H,6H2,1H3,(H,22,29)(H,23,25,26)/t10-,12+,13-,17+/m0/s1. The lowest BCUT2D eigenvalue weighted by molar-refractivity contribution is -0.135. The van der Waals surface area contributed by atoms with Crippen LogP contribution in [0.15, 0.2) is 30.6 Å². The molecule has 0 unspecified atom stereocenters. The van der Waals surface area contributed by atoms with Crippen molar-refractivity contribution in [2.24, 2.45) is 0 Å². The molecule has 1 aromatic carbocycles. The number of fused-ring (bicyclic) bond motifs is 1. The number of aliphatic hydroxyl groups excluding tert-OH is 1. The lowest BCUT2D eigenvalue weighted by atomic mass is 10.1. The van der Waals surface area contributed by atoms with Gasteiger partial charge in [-0.05, 0) is 51.9 Å². The minimum absolute atomic E-state index is 0.0541. The number of carbonyl (C=O) groups excluding carboxylic acids is 1. The zero-order valence-corrected chi connectivity index (χ0v) is 18.5. The number of hydrogen-bond acceptors (Lipinski definition) is 7. The van der Waals surface area contributed by atoms with Gasteiger partial charge in [0.1, 0.15) is 6.10 Å². The molecule has 0 saturated carbocycles. The predicted molar refractivity (Wildman–Crippen MR) is 116 cm³/mol. The Kier molecular flexibility index (Phi) is 6.04. The first-order valence-corrected chi connectivity index (χ1v) is 10.4. The van der Waals surface area contributed by atoms with Crippen LogP contribution in [0, 0.1) is 3.57 Å². The summed E-state index contributed by atoms with van der Waals surface area (Å²) >= 11 is 8.32. The van der Waals surface area contributed by atoms with E-state index in [1.807, 2.05) is 24.3 Å². The summed E-state index contributed by atoms with van der Waals surface area (Å²) in [7, 11) is 1.36. The number of alkyl halides is 1. The van der Waals surface area contributed by atoms with Gasteiger partial charge in [-0.15, -0.1) is 0 Å². The van der Waals surface area contributed by atoms with Gasteiger partial charge >= 0.3 is 0 Å². The summed E-state index contributed by atoms with van der Waals surface area (Å²) in [6, 6.07) is 7.93. The largest absolute Gasteiger partial charge is 0.385 e. The minimum Gasteiger partial charge on any atom is -0.385 e. The monoisotopic (exact) mass is 546 g/mol. The molecule has 3 aromatic rings. The molecule has 3 heterocycles. The molecule has 4 rings (SSSR count). The molecule has 2 aromatic heterocycles. The van der Waals surface area contributed by atoms with Gasteiger partial charge in [-0.3, -0.25) is 9.36 Å². The fraction of sp³-hybridized carbons (Fsp3) is 0.333. The second-order valence-corrected chi connectivity index (χ2v) is 8.23. The van der Waals surface area contributed by atoms with Crippen molar-refractivity contribution in [2.45, 2.75) is 31.2 Å². The lowest BCUT2D eigenvalue weighted by Gasteiger charge is -2.16. The third kappa shape index (κ3) is 3.94. The topological polar surface area (TPSA) is 114 Å². The predicted octanol–water partition coefficient (Wildman–Crippen LogP) is 2.04. The minimum atomic E-state index is -1.90. The van der Waals surface area contributed by atoms with E-state index in [2.05, 4.69) is 48.2 Å². The van der Waals surface area contributed by atoms with Crippen molar-refractivity contribution >= 4 is 57.1 Å². The van der Waals surface area contributed by atoms with E-state index in [0.717, 1.165) is 9.13 Å². The molecule has 12 heteroatoms. The summed E-state index contributed by atoms with van der Waals surface area (Å²) in [5.41, 5.74) is 1.65. The van der Waals surface area contributed by atoms with Gasteiger partial charge in [-0.25, -0.2) is 9.37 Å². The second-order valence-electron chi connectivity index (χ2n) is 6.65. The molecule has 0 aliphatic carbocycles. The van der Waals surface area contributed by atoms with Crippen molar-refractivity contribution in [2.75, 3.05) is 12.4 Å². The third-order valence-electron chi connectivity index (χ3n) is 4.72. The van der Waals surface area contributed by atoms with Crippen LogP contribution in [-0.2, 0) is 16.1 Å². The van der Waals surface area contributed by atoms with E-state index in [-0.39, 0.29) is 10.9 Å². The molecule has 1 aliphatic rings. The van der Waals surface area contributed by atoms with Gasteiger partial charge in [-0.2, -0.15) is 9.97 Å². The number of aliphatic hydroxyl groups is 1. The molecule has 4 atom stereocenters. The maximum Gasteiger partial charge on any atom is 0.252 e. The van der Waals surface area contributed by atoms with Crippen molar-refractivity contribution < 1.29 is 19.0 Å². The zero-order valence-electron chi connectivity index (χ0n) is 15.6. The zero-order chi connectivity index (χ0) is 21.4. The Morgan fingerprint density at radius 3 is 2.97 bits per heavy atom. The van der Waals surface area contributed by atoms with Crippen molar-refractivity contribution in [3.63, 3.8) is 0 Å². The number of anilines is 1. The molecule has 1 saturated heterocycles. The molecule has 3 N–H and O–H groups in total. The molecule has 30 heavy (non-hydrogen) atoms. The third-order valence-corrected chi connectivity index (χ3v) is 5.56. The molecule has 1 amide bonds. The second kappa shape index (κ2) is 8.57. The maximum absolute atomic E-state index is 14.4. The van der Waals surface area contributed by atoms with E-state index in [0.29, 0.717) is 17.9 Å². The fourth-order valence-electron chi connectivity index (χ4n) is 3.25. The lowest BCUT2D eigenvalue weighted by Crippen LogP contribution is -2.39. The number of amides is 1. The number of likely N-dealkylation sites (N-methyl/N-ethyl adjacent to an activating group) is 1. The van der Waals surface area contributed by atoms with Crippen LogP contribution in [-0.4, -0.2) is 56.0 Å². The first kappa shape index (κ1) is 21.2. The highest BCUT2D eigenvalue weighted by molar-refractivity contribution is 14.1. The molecule has 1 aliphatic heterocycles. The quantitative estimate of drug-likeness (QED) is 0.332. The summed E-state index contributed by atoms with van der Waals surface area (Å²) in [6.07, 6.45) is -4.77. The van der Waals surface area contributed by atoms with Crippen LogP contribution in [0.1, 0.15) is 11.8 Å². The number of nitrogens with one attached hydrogen (secondary N) is 2. The summed E-state index contributed by atoms with van der Waals surface area (Å²) in [6.45, 7) is 0.472. The van der Waals surface area contributed by atoms with Gasteiger partial charge in [0, 0.05) is 17.2 Å². The molecule has 158 valence electrons. The average Bonchev–Trinajstić information content (AvgIpc) is 3.27. The highest BCUT2D eigenvalue weighted by Gasteiger charge is 2.49. The van der Waals surface area contributed by atoms with Crippen LogP contribution in [0.2, 0.25) is 5.28 Å². The Morgan fingerprint density at radius 2 is 2.23 bits per heavy atom. The Labute approximate surface area is 189 Å². The molecule has 1 fully saturated rings. The highest BCUT2D eigenvalue weighted by atomic mass is 127. The molecular weight excluding hydrogens is 530 g/mol. The van der Waals surface area contributed by atoms with Gasteiger partial charge < -0.3 is 20.5 Å². The van der Waals surface area contributed by atoms with Crippen LogP contribution in [0.5, 0.6) is 0 Å². The normalized spacial score (nSPS) is 23.6. The van der Waals surface area contributed by atoms with Crippen LogP contribution in [0.4, 0.5) is 10.2 Å². The highest BCUT2D eigenvalue weighted by Crippen LogP contribution is 2.34. The molecule has 0 bridgehead atoms. The number of imidazole rings is 1. The van der Waals surface area contributed by atoms with E-state index in [1.54, 1.807) is 0 Å². The van der Waals surface area contributed by atoms with Crippen LogP contribution >= 0.6 is 34.2 Å². The summed E-state index contributed by atoms with van der Waals surface area (Å²) in [5, 5.41) is 15.7. The summed E-state index contributed by atoms with van der Waals surface area (Å²) in [5.74, 6) is -0.282.